The van der Waals surface area contributed by atoms with Crippen LogP contribution in [0.15, 0.2) is 59.3 Å². The van der Waals surface area contributed by atoms with Crippen LogP contribution in [-0.2, 0) is 22.6 Å². The molecule has 0 fully saturated rings. The first kappa shape index (κ1) is 24.2. The first-order valence-electron chi connectivity index (χ1n) is 11.8. The Morgan fingerprint density at radius 1 is 1.11 bits per heavy atom. The highest BCUT2D eigenvalue weighted by Gasteiger charge is 2.21. The Hall–Kier alpha value is -3.94. The van der Waals surface area contributed by atoms with Gasteiger partial charge in [-0.05, 0) is 69.5 Å². The Labute approximate surface area is 204 Å². The quantitative estimate of drug-likeness (QED) is 0.376. The van der Waals surface area contributed by atoms with Crippen LogP contribution in [0.4, 0.5) is 5.69 Å². The van der Waals surface area contributed by atoms with Crippen LogP contribution in [0.1, 0.15) is 48.9 Å². The molecule has 0 aliphatic carbocycles. The molecule has 4 rings (SSSR count). The number of carbonyl (C=O) groups excluding carboxylic acids is 2. The molecular formula is C27H31N5O3. The molecule has 182 valence electrons. The molecular weight excluding hydrogens is 442 g/mol. The molecule has 0 unspecified atom stereocenters. The van der Waals surface area contributed by atoms with Gasteiger partial charge in [0.2, 0.25) is 11.8 Å². The van der Waals surface area contributed by atoms with E-state index in [0.29, 0.717) is 17.9 Å². The normalized spacial score (nSPS) is 11.2. The molecule has 8 heteroatoms. The minimum Gasteiger partial charge on any atom is -0.467 e. The number of carbonyl (C=O) groups is 2. The molecule has 0 aliphatic heterocycles. The molecule has 0 saturated heterocycles. The van der Waals surface area contributed by atoms with Gasteiger partial charge in [0.1, 0.15) is 12.3 Å². The number of anilines is 1. The molecule has 0 bridgehead atoms. The minimum absolute atomic E-state index is 0.0646. The molecule has 8 nitrogen and oxygen atoms in total. The number of rotatable bonds is 9. The van der Waals surface area contributed by atoms with Crippen LogP contribution in [-0.4, -0.2) is 38.0 Å². The fraction of sp³-hybridized carbons (Fsp3) is 0.333. The van der Waals surface area contributed by atoms with Gasteiger partial charge in [0.05, 0.1) is 19.0 Å². The van der Waals surface area contributed by atoms with E-state index < -0.39 is 0 Å². The second-order valence-electron chi connectivity index (χ2n) is 8.96. The lowest BCUT2D eigenvalue weighted by atomic mass is 10.00. The predicted molar refractivity (Wildman–Crippen MR) is 135 cm³/mol. The minimum atomic E-state index is -0.257. The number of aromatic nitrogens is 3. The highest BCUT2D eigenvalue weighted by molar-refractivity contribution is 5.94. The zero-order valence-electron chi connectivity index (χ0n) is 20.6. The lowest BCUT2D eigenvalue weighted by Crippen LogP contribution is -2.37. The molecule has 1 N–H and O–H groups in total. The van der Waals surface area contributed by atoms with Gasteiger partial charge in [0.25, 0.3) is 0 Å². The summed E-state index contributed by atoms with van der Waals surface area (Å²) in [6.07, 6.45) is 4.19. The van der Waals surface area contributed by atoms with E-state index in [1.165, 1.54) is 4.90 Å². The number of hydrogen-bond acceptors (Lipinski definition) is 5. The van der Waals surface area contributed by atoms with Gasteiger partial charge in [0.15, 0.2) is 5.65 Å². The summed E-state index contributed by atoms with van der Waals surface area (Å²) in [7, 11) is 0. The van der Waals surface area contributed by atoms with Crippen molar-refractivity contribution in [1.29, 1.82) is 0 Å². The van der Waals surface area contributed by atoms with Gasteiger partial charge >= 0.3 is 0 Å². The lowest BCUT2D eigenvalue weighted by molar-refractivity contribution is -0.135. The van der Waals surface area contributed by atoms with E-state index in [1.807, 2.05) is 48.1 Å². The van der Waals surface area contributed by atoms with Crippen molar-refractivity contribution in [3.63, 3.8) is 0 Å². The van der Waals surface area contributed by atoms with Gasteiger partial charge in [-0.2, -0.15) is 5.10 Å². The van der Waals surface area contributed by atoms with E-state index in [9.17, 15) is 9.59 Å². The lowest BCUT2D eigenvalue weighted by Gasteiger charge is -2.22. The zero-order chi connectivity index (χ0) is 24.9. The summed E-state index contributed by atoms with van der Waals surface area (Å²) in [6, 6.07) is 13.0. The maximum Gasteiger partial charge on any atom is 0.244 e. The summed E-state index contributed by atoms with van der Waals surface area (Å²) in [6.45, 7) is 8.34. The number of para-hydroxylation sites is 1. The van der Waals surface area contributed by atoms with Crippen molar-refractivity contribution >= 4 is 28.5 Å². The Morgan fingerprint density at radius 3 is 2.57 bits per heavy atom. The van der Waals surface area contributed by atoms with Gasteiger partial charge in [-0.1, -0.05) is 18.2 Å². The largest absolute Gasteiger partial charge is 0.467 e. The standard InChI is InChI=1S/C27H31N5O3/c1-18(2)32-27-24(15-28-32)19(3)23(20(4)29-27)12-13-26(34)31(16-22-11-8-14-35-22)17-25(33)30-21-9-6-5-7-10-21/h5-11,14-15,18H,12-13,16-17H2,1-4H3,(H,30,33). The molecule has 1 aromatic carbocycles. The van der Waals surface area contributed by atoms with E-state index in [-0.39, 0.29) is 37.4 Å². The van der Waals surface area contributed by atoms with E-state index >= 15 is 0 Å². The molecule has 0 saturated carbocycles. The average Bonchev–Trinajstić information content (AvgIpc) is 3.49. The van der Waals surface area contributed by atoms with Crippen molar-refractivity contribution in [2.75, 3.05) is 11.9 Å². The second-order valence-corrected chi connectivity index (χ2v) is 8.96. The van der Waals surface area contributed by atoms with Crippen molar-refractivity contribution < 1.29 is 14.0 Å². The molecule has 0 radical (unpaired) electrons. The molecule has 3 aromatic heterocycles. The van der Waals surface area contributed by atoms with E-state index in [4.69, 9.17) is 9.40 Å². The molecule has 0 spiro atoms. The number of fused-ring (bicyclic) bond motifs is 1. The third-order valence-electron chi connectivity index (χ3n) is 6.09. The van der Waals surface area contributed by atoms with Gasteiger partial charge in [-0.3, -0.25) is 9.59 Å². The molecule has 0 atom stereocenters. The van der Waals surface area contributed by atoms with Gasteiger partial charge in [-0.15, -0.1) is 0 Å². The Morgan fingerprint density at radius 2 is 1.89 bits per heavy atom. The Kier molecular flexibility index (Phi) is 7.29. The van der Waals surface area contributed by atoms with Gasteiger partial charge < -0.3 is 14.6 Å². The number of furan rings is 1. The highest BCUT2D eigenvalue weighted by Crippen LogP contribution is 2.25. The number of nitrogens with one attached hydrogen (secondary N) is 1. The summed E-state index contributed by atoms with van der Waals surface area (Å²) in [5.74, 6) is 0.247. The van der Waals surface area contributed by atoms with Crippen LogP contribution in [0.5, 0.6) is 0 Å². The van der Waals surface area contributed by atoms with Crippen LogP contribution < -0.4 is 5.32 Å². The second kappa shape index (κ2) is 10.5. The van der Waals surface area contributed by atoms with Crippen LogP contribution in [0.2, 0.25) is 0 Å². The SMILES string of the molecule is Cc1nc2c(cnn2C(C)C)c(C)c1CCC(=O)N(CC(=O)Nc1ccccc1)Cc1ccco1. The molecule has 4 aromatic rings. The van der Waals surface area contributed by atoms with Crippen molar-refractivity contribution in [3.8, 4) is 0 Å². The van der Waals surface area contributed by atoms with E-state index in [1.54, 1.807) is 18.4 Å². The summed E-state index contributed by atoms with van der Waals surface area (Å²) >= 11 is 0. The molecule has 0 aliphatic rings. The first-order chi connectivity index (χ1) is 16.8. The fourth-order valence-electron chi connectivity index (χ4n) is 4.25. The first-order valence-corrected chi connectivity index (χ1v) is 11.8. The van der Waals surface area contributed by atoms with E-state index in [0.717, 1.165) is 27.9 Å². The number of aryl methyl sites for hydroxylation is 2. The third-order valence-corrected chi connectivity index (χ3v) is 6.09. The van der Waals surface area contributed by atoms with Crippen molar-refractivity contribution in [2.24, 2.45) is 0 Å². The topological polar surface area (TPSA) is 93.3 Å². The predicted octanol–water partition coefficient (Wildman–Crippen LogP) is 4.82. The van der Waals surface area contributed by atoms with Gasteiger partial charge in [-0.25, -0.2) is 9.67 Å². The Bertz CT molecular complexity index is 1310. The highest BCUT2D eigenvalue weighted by atomic mass is 16.3. The zero-order valence-corrected chi connectivity index (χ0v) is 20.6. The number of pyridine rings is 1. The van der Waals surface area contributed by atoms with Gasteiger partial charge in [0, 0.05) is 29.2 Å². The fourth-order valence-corrected chi connectivity index (χ4v) is 4.25. The maximum absolute atomic E-state index is 13.3. The number of benzene rings is 1. The number of hydrogen-bond donors (Lipinski definition) is 1. The number of nitrogens with zero attached hydrogens (tertiary/aromatic N) is 4. The van der Waals surface area contributed by atoms with Crippen LogP contribution in [0.3, 0.4) is 0 Å². The third kappa shape index (κ3) is 5.59. The average molecular weight is 474 g/mol. The maximum atomic E-state index is 13.3. The monoisotopic (exact) mass is 473 g/mol. The smallest absolute Gasteiger partial charge is 0.244 e. The summed E-state index contributed by atoms with van der Waals surface area (Å²) < 4.78 is 7.36. The van der Waals surface area contributed by atoms with Crippen molar-refractivity contribution in [1.82, 2.24) is 19.7 Å². The molecule has 35 heavy (non-hydrogen) atoms. The van der Waals surface area contributed by atoms with E-state index in [2.05, 4.69) is 31.2 Å². The van der Waals surface area contributed by atoms with Crippen LogP contribution in [0, 0.1) is 13.8 Å². The molecule has 2 amide bonds. The summed E-state index contributed by atoms with van der Waals surface area (Å²) in [5.41, 5.74) is 4.58. The Balaban J connectivity index is 1.49. The summed E-state index contributed by atoms with van der Waals surface area (Å²) in [4.78, 5) is 32.3. The van der Waals surface area contributed by atoms with Crippen LogP contribution >= 0.6 is 0 Å². The van der Waals surface area contributed by atoms with Crippen molar-refractivity contribution in [3.05, 3.63) is 77.5 Å². The van der Waals surface area contributed by atoms with Crippen molar-refractivity contribution in [2.45, 2.75) is 53.1 Å². The van der Waals surface area contributed by atoms with Crippen LogP contribution in [0.25, 0.3) is 11.0 Å². The molecule has 3 heterocycles. The summed E-state index contributed by atoms with van der Waals surface area (Å²) in [5, 5.41) is 8.34. The number of amides is 2.